The van der Waals surface area contributed by atoms with Crippen molar-refractivity contribution in [1.82, 2.24) is 14.9 Å². The fourth-order valence-corrected chi connectivity index (χ4v) is 3.18. The lowest BCUT2D eigenvalue weighted by Crippen LogP contribution is -2.47. The number of anilines is 1. The van der Waals surface area contributed by atoms with E-state index in [9.17, 15) is 10.1 Å². The SMILES string of the molecule is CC(C)c1ccc(Oc2ncnc(N3CCN(CCO)CC3)c2[N+](=O)[O-])cc1. The molecule has 0 unspecified atom stereocenters. The number of aromatic nitrogens is 2. The minimum absolute atomic E-state index is 0.0647. The van der Waals surface area contributed by atoms with E-state index < -0.39 is 4.92 Å². The first-order chi connectivity index (χ1) is 13.5. The third-order valence-corrected chi connectivity index (χ3v) is 4.80. The molecule has 0 radical (unpaired) electrons. The van der Waals surface area contributed by atoms with Crippen LogP contribution < -0.4 is 9.64 Å². The van der Waals surface area contributed by atoms with Crippen LogP contribution in [0.4, 0.5) is 11.5 Å². The Kier molecular flexibility index (Phi) is 6.37. The molecule has 0 bridgehead atoms. The van der Waals surface area contributed by atoms with E-state index in [0.717, 1.165) is 5.56 Å². The molecule has 150 valence electrons. The summed E-state index contributed by atoms with van der Waals surface area (Å²) in [4.78, 5) is 23.4. The number of β-amino-alcohol motifs (C(OH)–C–C–N with tert-alkyl or cyclic N) is 1. The number of piperazine rings is 1. The van der Waals surface area contributed by atoms with E-state index in [2.05, 4.69) is 28.7 Å². The van der Waals surface area contributed by atoms with Gasteiger partial charge in [0.1, 0.15) is 12.1 Å². The fraction of sp³-hybridized carbons (Fsp3) is 0.474. The van der Waals surface area contributed by atoms with Crippen LogP contribution in [0.1, 0.15) is 25.3 Å². The molecule has 2 aromatic rings. The summed E-state index contributed by atoms with van der Waals surface area (Å²) in [6.45, 7) is 7.46. The zero-order valence-corrected chi connectivity index (χ0v) is 16.1. The van der Waals surface area contributed by atoms with Gasteiger partial charge < -0.3 is 14.7 Å². The number of aliphatic hydroxyl groups excluding tert-OH is 1. The Morgan fingerprint density at radius 2 is 1.86 bits per heavy atom. The number of hydrogen-bond acceptors (Lipinski definition) is 8. The third-order valence-electron chi connectivity index (χ3n) is 4.80. The Hall–Kier alpha value is -2.78. The van der Waals surface area contributed by atoms with Crippen LogP contribution in [0.15, 0.2) is 30.6 Å². The molecule has 0 atom stereocenters. The van der Waals surface area contributed by atoms with Crippen molar-refractivity contribution in [3.8, 4) is 11.6 Å². The molecule has 1 aromatic carbocycles. The predicted molar refractivity (Wildman–Crippen MR) is 105 cm³/mol. The molecule has 0 spiro atoms. The molecule has 1 aliphatic rings. The average Bonchev–Trinajstić information content (AvgIpc) is 2.69. The standard InChI is InChI=1S/C19H25N5O4/c1-14(2)15-3-5-16(6-4-15)28-19-17(24(26)27)18(20-13-21-19)23-9-7-22(8-10-23)11-12-25/h3-6,13-14,25H,7-12H2,1-2H3. The van der Waals surface area contributed by atoms with E-state index in [4.69, 9.17) is 9.84 Å². The highest BCUT2D eigenvalue weighted by molar-refractivity contribution is 5.63. The maximum Gasteiger partial charge on any atom is 0.373 e. The second-order valence-corrected chi connectivity index (χ2v) is 6.99. The second-order valence-electron chi connectivity index (χ2n) is 6.99. The van der Waals surface area contributed by atoms with Crippen molar-refractivity contribution in [2.75, 3.05) is 44.2 Å². The number of benzene rings is 1. The quantitative estimate of drug-likeness (QED) is 0.570. The molecule has 1 aromatic heterocycles. The molecular weight excluding hydrogens is 362 g/mol. The maximum absolute atomic E-state index is 11.8. The van der Waals surface area contributed by atoms with Crippen molar-refractivity contribution in [2.45, 2.75) is 19.8 Å². The molecule has 1 N–H and O–H groups in total. The Morgan fingerprint density at radius 1 is 1.18 bits per heavy atom. The van der Waals surface area contributed by atoms with Crippen molar-refractivity contribution >= 4 is 11.5 Å². The normalized spacial score (nSPS) is 15.1. The van der Waals surface area contributed by atoms with Gasteiger partial charge in [-0.3, -0.25) is 15.0 Å². The van der Waals surface area contributed by atoms with Crippen LogP contribution >= 0.6 is 0 Å². The largest absolute Gasteiger partial charge is 0.434 e. The molecule has 0 aliphatic carbocycles. The first kappa shape index (κ1) is 20.0. The van der Waals surface area contributed by atoms with Crippen LogP contribution in [-0.4, -0.2) is 64.2 Å². The monoisotopic (exact) mass is 387 g/mol. The number of nitrogens with zero attached hydrogens (tertiary/aromatic N) is 5. The Morgan fingerprint density at radius 3 is 2.43 bits per heavy atom. The van der Waals surface area contributed by atoms with E-state index in [-0.39, 0.29) is 24.0 Å². The van der Waals surface area contributed by atoms with Gasteiger partial charge in [0.2, 0.25) is 5.82 Å². The van der Waals surface area contributed by atoms with E-state index in [0.29, 0.717) is 44.4 Å². The maximum atomic E-state index is 11.8. The molecule has 0 saturated carbocycles. The molecule has 28 heavy (non-hydrogen) atoms. The van der Waals surface area contributed by atoms with Crippen LogP contribution in [-0.2, 0) is 0 Å². The summed E-state index contributed by atoms with van der Waals surface area (Å²) in [5.41, 5.74) is 0.928. The van der Waals surface area contributed by atoms with E-state index in [1.165, 1.54) is 6.33 Å². The van der Waals surface area contributed by atoms with Gasteiger partial charge in [0.25, 0.3) is 0 Å². The van der Waals surface area contributed by atoms with Gasteiger partial charge in [-0.25, -0.2) is 4.98 Å². The summed E-state index contributed by atoms with van der Waals surface area (Å²) in [6, 6.07) is 7.45. The molecule has 1 aliphatic heterocycles. The smallest absolute Gasteiger partial charge is 0.373 e. The second kappa shape index (κ2) is 8.94. The van der Waals surface area contributed by atoms with Crippen LogP contribution in [0, 0.1) is 10.1 Å². The molecule has 1 fully saturated rings. The summed E-state index contributed by atoms with van der Waals surface area (Å²) in [5.74, 6) is 1.07. The van der Waals surface area contributed by atoms with Gasteiger partial charge in [0.15, 0.2) is 0 Å². The molecule has 1 saturated heterocycles. The third kappa shape index (κ3) is 4.55. The summed E-state index contributed by atoms with van der Waals surface area (Å²) < 4.78 is 5.73. The summed E-state index contributed by atoms with van der Waals surface area (Å²) >= 11 is 0. The van der Waals surface area contributed by atoms with Crippen LogP contribution in [0.2, 0.25) is 0 Å². The number of aliphatic hydroxyl groups is 1. The highest BCUT2D eigenvalue weighted by atomic mass is 16.6. The lowest BCUT2D eigenvalue weighted by atomic mass is 10.0. The van der Waals surface area contributed by atoms with Crippen LogP contribution in [0.5, 0.6) is 11.6 Å². The van der Waals surface area contributed by atoms with Crippen molar-refractivity contribution in [3.05, 3.63) is 46.3 Å². The van der Waals surface area contributed by atoms with Gasteiger partial charge in [-0.15, -0.1) is 0 Å². The minimum atomic E-state index is -0.493. The van der Waals surface area contributed by atoms with Gasteiger partial charge >= 0.3 is 11.6 Å². The van der Waals surface area contributed by atoms with Crippen molar-refractivity contribution in [1.29, 1.82) is 0 Å². The number of rotatable bonds is 7. The Balaban J connectivity index is 1.83. The van der Waals surface area contributed by atoms with Gasteiger partial charge in [0, 0.05) is 32.7 Å². The van der Waals surface area contributed by atoms with E-state index in [1.54, 1.807) is 12.1 Å². The van der Waals surface area contributed by atoms with Crippen molar-refractivity contribution in [3.63, 3.8) is 0 Å². The van der Waals surface area contributed by atoms with Crippen LogP contribution in [0.25, 0.3) is 0 Å². The molecule has 3 rings (SSSR count). The lowest BCUT2D eigenvalue weighted by Gasteiger charge is -2.34. The van der Waals surface area contributed by atoms with Crippen molar-refractivity contribution in [2.24, 2.45) is 0 Å². The molecule has 2 heterocycles. The topological polar surface area (TPSA) is 105 Å². The minimum Gasteiger partial charge on any atom is -0.434 e. The highest BCUT2D eigenvalue weighted by Gasteiger charge is 2.30. The van der Waals surface area contributed by atoms with E-state index >= 15 is 0 Å². The van der Waals surface area contributed by atoms with Gasteiger partial charge in [-0.05, 0) is 23.6 Å². The molecular formula is C19H25N5O4. The number of hydrogen-bond donors (Lipinski definition) is 1. The first-order valence-corrected chi connectivity index (χ1v) is 9.35. The lowest BCUT2D eigenvalue weighted by molar-refractivity contribution is -0.385. The fourth-order valence-electron chi connectivity index (χ4n) is 3.18. The van der Waals surface area contributed by atoms with Crippen LogP contribution in [0.3, 0.4) is 0 Å². The summed E-state index contributed by atoms with van der Waals surface area (Å²) in [5, 5.41) is 20.8. The Bertz CT molecular complexity index is 804. The molecule has 9 heteroatoms. The first-order valence-electron chi connectivity index (χ1n) is 9.35. The average molecular weight is 387 g/mol. The van der Waals surface area contributed by atoms with Gasteiger partial charge in [0.05, 0.1) is 11.5 Å². The predicted octanol–water partition coefficient (Wildman–Crippen LogP) is 2.41. The Labute approximate surface area is 163 Å². The van der Waals surface area contributed by atoms with E-state index in [1.807, 2.05) is 17.0 Å². The van der Waals surface area contributed by atoms with Gasteiger partial charge in [-0.2, -0.15) is 4.98 Å². The molecule has 9 nitrogen and oxygen atoms in total. The summed E-state index contributed by atoms with van der Waals surface area (Å²) in [6.07, 6.45) is 1.29. The number of nitro groups is 1. The zero-order valence-electron chi connectivity index (χ0n) is 16.1. The molecule has 0 amide bonds. The van der Waals surface area contributed by atoms with Gasteiger partial charge in [-0.1, -0.05) is 26.0 Å². The number of ether oxygens (including phenoxy) is 1. The summed E-state index contributed by atoms with van der Waals surface area (Å²) in [7, 11) is 0. The highest BCUT2D eigenvalue weighted by Crippen LogP contribution is 2.36. The van der Waals surface area contributed by atoms with Crippen molar-refractivity contribution < 1.29 is 14.8 Å². The zero-order chi connectivity index (χ0) is 20.1.